The first-order valence-electron chi connectivity index (χ1n) is 5.15. The summed E-state index contributed by atoms with van der Waals surface area (Å²) in [6, 6.07) is 4.73. The van der Waals surface area contributed by atoms with Crippen molar-refractivity contribution in [1.29, 1.82) is 0 Å². The van der Waals surface area contributed by atoms with E-state index in [1.165, 1.54) is 13.2 Å². The van der Waals surface area contributed by atoms with E-state index in [1.807, 2.05) is 6.92 Å². The molecular formula is C12H13BrO4. The smallest absolute Gasteiger partial charge is 0.379 e. The van der Waals surface area contributed by atoms with E-state index in [0.29, 0.717) is 16.8 Å². The van der Waals surface area contributed by atoms with E-state index in [9.17, 15) is 9.59 Å². The molecule has 0 amide bonds. The van der Waals surface area contributed by atoms with Crippen molar-refractivity contribution < 1.29 is 19.1 Å². The third-order valence-electron chi connectivity index (χ3n) is 2.03. The number of hydrogen-bond acceptors (Lipinski definition) is 4. The van der Waals surface area contributed by atoms with Gasteiger partial charge >= 0.3 is 5.97 Å². The van der Waals surface area contributed by atoms with Gasteiger partial charge in [-0.3, -0.25) is 4.79 Å². The highest BCUT2D eigenvalue weighted by Gasteiger charge is 2.17. The van der Waals surface area contributed by atoms with Gasteiger partial charge in [0.25, 0.3) is 5.78 Å². The number of ketones is 1. The number of rotatable bonds is 5. The van der Waals surface area contributed by atoms with E-state index >= 15 is 0 Å². The topological polar surface area (TPSA) is 52.6 Å². The van der Waals surface area contributed by atoms with Crippen LogP contribution in [-0.2, 0) is 9.53 Å². The number of esters is 1. The number of halogens is 1. The Labute approximate surface area is 108 Å². The monoisotopic (exact) mass is 300 g/mol. The first-order valence-corrected chi connectivity index (χ1v) is 5.94. The third kappa shape index (κ3) is 3.56. The standard InChI is InChI=1S/C12H13BrO4/c1-3-6-17-10-5-4-8(7-9(10)13)11(14)12(15)16-2/h4-5,7H,3,6H2,1-2H3. The number of carbonyl (C=O) groups is 2. The van der Waals surface area contributed by atoms with Crippen LogP contribution in [0.15, 0.2) is 22.7 Å². The van der Waals surface area contributed by atoms with Crippen LogP contribution >= 0.6 is 15.9 Å². The Morgan fingerprint density at radius 1 is 1.35 bits per heavy atom. The first-order chi connectivity index (χ1) is 8.10. The van der Waals surface area contributed by atoms with Crippen molar-refractivity contribution in [3.8, 4) is 5.75 Å². The van der Waals surface area contributed by atoms with Gasteiger partial charge < -0.3 is 9.47 Å². The van der Waals surface area contributed by atoms with Crippen LogP contribution in [0.4, 0.5) is 0 Å². The highest BCUT2D eigenvalue weighted by atomic mass is 79.9. The fourth-order valence-corrected chi connectivity index (χ4v) is 1.67. The quantitative estimate of drug-likeness (QED) is 0.476. The molecule has 92 valence electrons. The number of methoxy groups -OCH3 is 1. The fraction of sp³-hybridized carbons (Fsp3) is 0.333. The molecule has 0 aliphatic rings. The van der Waals surface area contributed by atoms with Crippen LogP contribution in [0.25, 0.3) is 0 Å². The SMILES string of the molecule is CCCOc1ccc(C(=O)C(=O)OC)cc1Br. The zero-order valence-corrected chi connectivity index (χ0v) is 11.2. The zero-order chi connectivity index (χ0) is 12.8. The molecule has 1 aromatic carbocycles. The molecule has 0 heterocycles. The van der Waals surface area contributed by atoms with E-state index in [-0.39, 0.29) is 5.56 Å². The molecule has 0 bridgehead atoms. The van der Waals surface area contributed by atoms with Crippen LogP contribution in [0.2, 0.25) is 0 Å². The first kappa shape index (κ1) is 13.7. The van der Waals surface area contributed by atoms with Gasteiger partial charge in [0, 0.05) is 5.56 Å². The van der Waals surface area contributed by atoms with Crippen LogP contribution in [0.1, 0.15) is 23.7 Å². The van der Waals surface area contributed by atoms with E-state index in [4.69, 9.17) is 4.74 Å². The molecule has 0 unspecified atom stereocenters. The predicted molar refractivity (Wildman–Crippen MR) is 66.3 cm³/mol. The molecule has 0 aliphatic carbocycles. The minimum Gasteiger partial charge on any atom is -0.492 e. The maximum atomic E-state index is 11.5. The highest BCUT2D eigenvalue weighted by molar-refractivity contribution is 9.10. The molecule has 17 heavy (non-hydrogen) atoms. The Morgan fingerprint density at radius 2 is 2.06 bits per heavy atom. The number of Topliss-reactive ketones (excluding diaryl/α,β-unsaturated/α-hetero) is 1. The number of ether oxygens (including phenoxy) is 2. The van der Waals surface area contributed by atoms with Gasteiger partial charge in [0.05, 0.1) is 18.2 Å². The van der Waals surface area contributed by atoms with Gasteiger partial charge in [-0.05, 0) is 40.5 Å². The molecule has 0 spiro atoms. The molecule has 1 rings (SSSR count). The maximum Gasteiger partial charge on any atom is 0.379 e. The molecule has 0 radical (unpaired) electrons. The lowest BCUT2D eigenvalue weighted by Gasteiger charge is -2.07. The van der Waals surface area contributed by atoms with Gasteiger partial charge in [-0.2, -0.15) is 0 Å². The fourth-order valence-electron chi connectivity index (χ4n) is 1.18. The number of carbonyl (C=O) groups excluding carboxylic acids is 2. The summed E-state index contributed by atoms with van der Waals surface area (Å²) in [4.78, 5) is 22.6. The number of benzene rings is 1. The van der Waals surface area contributed by atoms with Gasteiger partial charge in [-0.1, -0.05) is 6.92 Å². The van der Waals surface area contributed by atoms with Gasteiger partial charge in [0.2, 0.25) is 0 Å². The second kappa shape index (κ2) is 6.39. The van der Waals surface area contributed by atoms with Crippen molar-refractivity contribution in [2.45, 2.75) is 13.3 Å². The zero-order valence-electron chi connectivity index (χ0n) is 9.66. The van der Waals surface area contributed by atoms with Crippen LogP contribution in [-0.4, -0.2) is 25.5 Å². The van der Waals surface area contributed by atoms with Crippen LogP contribution < -0.4 is 4.74 Å². The van der Waals surface area contributed by atoms with Gasteiger partial charge in [0.1, 0.15) is 5.75 Å². The highest BCUT2D eigenvalue weighted by Crippen LogP contribution is 2.26. The van der Waals surface area contributed by atoms with E-state index in [0.717, 1.165) is 6.42 Å². The Hall–Kier alpha value is -1.36. The largest absolute Gasteiger partial charge is 0.492 e. The van der Waals surface area contributed by atoms with E-state index in [1.54, 1.807) is 12.1 Å². The molecule has 0 atom stereocenters. The average molecular weight is 301 g/mol. The molecule has 0 aromatic heterocycles. The minimum absolute atomic E-state index is 0.271. The summed E-state index contributed by atoms with van der Waals surface area (Å²) in [5.74, 6) is -0.900. The Morgan fingerprint density at radius 3 is 2.59 bits per heavy atom. The third-order valence-corrected chi connectivity index (χ3v) is 2.65. The molecule has 4 nitrogen and oxygen atoms in total. The second-order valence-electron chi connectivity index (χ2n) is 3.31. The summed E-state index contributed by atoms with van der Waals surface area (Å²) in [5, 5.41) is 0. The van der Waals surface area contributed by atoms with Crippen LogP contribution in [0.5, 0.6) is 5.75 Å². The minimum atomic E-state index is -0.876. The van der Waals surface area contributed by atoms with Crippen molar-refractivity contribution in [3.63, 3.8) is 0 Å². The van der Waals surface area contributed by atoms with Gasteiger partial charge in [0.15, 0.2) is 0 Å². The van der Waals surface area contributed by atoms with Crippen molar-refractivity contribution in [3.05, 3.63) is 28.2 Å². The van der Waals surface area contributed by atoms with E-state index in [2.05, 4.69) is 20.7 Å². The summed E-state index contributed by atoms with van der Waals surface area (Å²) in [6.45, 7) is 2.60. The van der Waals surface area contributed by atoms with Gasteiger partial charge in [-0.25, -0.2) is 4.79 Å². The molecule has 0 saturated carbocycles. The Bertz CT molecular complexity index is 429. The molecule has 5 heteroatoms. The Balaban J connectivity index is 2.88. The van der Waals surface area contributed by atoms with Crippen molar-refractivity contribution >= 4 is 27.7 Å². The van der Waals surface area contributed by atoms with Crippen molar-refractivity contribution in [2.24, 2.45) is 0 Å². The molecule has 0 N–H and O–H groups in total. The summed E-state index contributed by atoms with van der Waals surface area (Å²) >= 11 is 3.29. The normalized spacial score (nSPS) is 9.82. The summed E-state index contributed by atoms with van der Waals surface area (Å²) in [6.07, 6.45) is 0.898. The molecular weight excluding hydrogens is 288 g/mol. The lowest BCUT2D eigenvalue weighted by atomic mass is 10.1. The lowest BCUT2D eigenvalue weighted by Crippen LogP contribution is -2.15. The summed E-state index contributed by atoms with van der Waals surface area (Å²) in [5.41, 5.74) is 0.271. The van der Waals surface area contributed by atoms with Gasteiger partial charge in [-0.15, -0.1) is 0 Å². The predicted octanol–water partition coefficient (Wildman–Crippen LogP) is 2.59. The van der Waals surface area contributed by atoms with Crippen molar-refractivity contribution in [2.75, 3.05) is 13.7 Å². The maximum absolute atomic E-state index is 11.5. The molecule has 1 aromatic rings. The lowest BCUT2D eigenvalue weighted by molar-refractivity contribution is -0.135. The summed E-state index contributed by atoms with van der Waals surface area (Å²) < 4.78 is 10.4. The molecule has 0 saturated heterocycles. The van der Waals surface area contributed by atoms with Crippen LogP contribution in [0, 0.1) is 0 Å². The molecule has 0 fully saturated rings. The van der Waals surface area contributed by atoms with E-state index < -0.39 is 11.8 Å². The van der Waals surface area contributed by atoms with Crippen molar-refractivity contribution in [1.82, 2.24) is 0 Å². The number of hydrogen-bond donors (Lipinski definition) is 0. The van der Waals surface area contributed by atoms with Crippen LogP contribution in [0.3, 0.4) is 0 Å². The molecule has 0 aliphatic heterocycles. The summed E-state index contributed by atoms with van der Waals surface area (Å²) in [7, 11) is 1.17. The second-order valence-corrected chi connectivity index (χ2v) is 4.17. The Kier molecular flexibility index (Phi) is 5.15. The average Bonchev–Trinajstić information content (AvgIpc) is 2.35.